The molecule has 0 saturated carbocycles. The molecule has 1 N–H and O–H groups in total. The molecule has 0 bridgehead atoms. The van der Waals surface area contributed by atoms with Crippen LogP contribution in [0.2, 0.25) is 0 Å². The van der Waals surface area contributed by atoms with E-state index in [0.717, 1.165) is 16.5 Å². The third-order valence-corrected chi connectivity index (χ3v) is 5.01. The molecule has 6 heteroatoms. The molecule has 0 aliphatic heterocycles. The summed E-state index contributed by atoms with van der Waals surface area (Å²) in [5.74, 6) is 1.40. The van der Waals surface area contributed by atoms with Crippen molar-refractivity contribution in [3.05, 3.63) is 70.0 Å². The molecule has 0 radical (unpaired) electrons. The molecule has 158 valence electrons. The number of rotatable bonds is 7. The minimum atomic E-state index is -0.296. The Morgan fingerprint density at radius 3 is 2.50 bits per heavy atom. The highest BCUT2D eigenvalue weighted by Crippen LogP contribution is 2.31. The van der Waals surface area contributed by atoms with Gasteiger partial charge in [-0.3, -0.25) is 9.59 Å². The highest BCUT2D eigenvalue weighted by molar-refractivity contribution is 6.06. The lowest BCUT2D eigenvalue weighted by Gasteiger charge is -2.18. The summed E-state index contributed by atoms with van der Waals surface area (Å²) in [4.78, 5) is 25.3. The van der Waals surface area contributed by atoms with Gasteiger partial charge in [-0.25, -0.2) is 0 Å². The zero-order valence-electron chi connectivity index (χ0n) is 18.1. The van der Waals surface area contributed by atoms with Gasteiger partial charge >= 0.3 is 0 Å². The number of pyridine rings is 1. The van der Waals surface area contributed by atoms with E-state index in [9.17, 15) is 9.59 Å². The lowest BCUT2D eigenvalue weighted by atomic mass is 10.0. The summed E-state index contributed by atoms with van der Waals surface area (Å²) in [5, 5.41) is 3.72. The molecule has 1 amide bonds. The molecule has 3 rings (SSSR count). The van der Waals surface area contributed by atoms with E-state index in [0.29, 0.717) is 29.6 Å². The predicted molar refractivity (Wildman–Crippen MR) is 118 cm³/mol. The number of fused-ring (bicyclic) bond motifs is 1. The molecule has 0 aliphatic carbocycles. The van der Waals surface area contributed by atoms with Crippen LogP contribution >= 0.6 is 0 Å². The highest BCUT2D eigenvalue weighted by atomic mass is 16.5. The van der Waals surface area contributed by atoms with Crippen LogP contribution in [0, 0.1) is 5.92 Å². The quantitative estimate of drug-likeness (QED) is 0.640. The number of carbonyl (C=O) groups excluding carboxylic acids is 1. The van der Waals surface area contributed by atoms with Crippen molar-refractivity contribution in [2.24, 2.45) is 13.0 Å². The normalized spacial score (nSPS) is 12.1. The average molecular weight is 408 g/mol. The molecule has 1 aromatic heterocycles. The molecule has 30 heavy (non-hydrogen) atoms. The summed E-state index contributed by atoms with van der Waals surface area (Å²) in [6.07, 6.45) is 0. The van der Waals surface area contributed by atoms with Crippen molar-refractivity contribution < 1.29 is 14.3 Å². The van der Waals surface area contributed by atoms with Crippen LogP contribution in [-0.2, 0) is 7.05 Å². The van der Waals surface area contributed by atoms with Gasteiger partial charge in [0, 0.05) is 18.5 Å². The Bertz CT molecular complexity index is 1120. The van der Waals surface area contributed by atoms with E-state index in [1.54, 1.807) is 14.2 Å². The summed E-state index contributed by atoms with van der Waals surface area (Å²) >= 11 is 0. The van der Waals surface area contributed by atoms with Crippen LogP contribution in [0.5, 0.6) is 11.5 Å². The van der Waals surface area contributed by atoms with Crippen molar-refractivity contribution in [1.82, 2.24) is 9.88 Å². The topological polar surface area (TPSA) is 69.6 Å². The molecular formula is C24H28N2O4. The molecule has 0 fully saturated rings. The lowest BCUT2D eigenvalue weighted by Crippen LogP contribution is -2.29. The van der Waals surface area contributed by atoms with Gasteiger partial charge in [0.05, 0.1) is 30.8 Å². The van der Waals surface area contributed by atoms with E-state index in [4.69, 9.17) is 9.47 Å². The van der Waals surface area contributed by atoms with Crippen molar-refractivity contribution in [2.45, 2.75) is 26.8 Å². The van der Waals surface area contributed by atoms with Gasteiger partial charge in [0.1, 0.15) is 0 Å². The smallest absolute Gasteiger partial charge is 0.252 e. The number of aryl methyl sites for hydroxylation is 1. The molecule has 0 aliphatic rings. The average Bonchev–Trinajstić information content (AvgIpc) is 2.74. The number of nitrogens with one attached hydrogen (secondary N) is 1. The first-order valence-corrected chi connectivity index (χ1v) is 10.0. The van der Waals surface area contributed by atoms with E-state index < -0.39 is 0 Å². The van der Waals surface area contributed by atoms with E-state index >= 15 is 0 Å². The van der Waals surface area contributed by atoms with Gasteiger partial charge in [-0.15, -0.1) is 0 Å². The monoisotopic (exact) mass is 408 g/mol. The fraction of sp³-hybridized carbons (Fsp3) is 0.333. The van der Waals surface area contributed by atoms with Crippen molar-refractivity contribution in [1.29, 1.82) is 0 Å². The zero-order chi connectivity index (χ0) is 21.8. The molecule has 0 saturated heterocycles. The summed E-state index contributed by atoms with van der Waals surface area (Å²) in [5.41, 5.74) is 1.74. The summed E-state index contributed by atoms with van der Waals surface area (Å²) in [6.45, 7) is 6.65. The van der Waals surface area contributed by atoms with Crippen LogP contribution in [0.4, 0.5) is 0 Å². The van der Waals surface area contributed by atoms with Gasteiger partial charge in [0.2, 0.25) is 0 Å². The number of para-hydroxylation sites is 1. The minimum absolute atomic E-state index is 0.222. The van der Waals surface area contributed by atoms with Gasteiger partial charge in [-0.2, -0.15) is 0 Å². The summed E-state index contributed by atoms with van der Waals surface area (Å²) in [6, 6.07) is 14.1. The first-order valence-electron chi connectivity index (χ1n) is 10.0. The molecule has 1 heterocycles. The predicted octanol–water partition coefficient (Wildman–Crippen LogP) is 4.07. The van der Waals surface area contributed by atoms with Gasteiger partial charge in [0.25, 0.3) is 11.5 Å². The lowest BCUT2D eigenvalue weighted by molar-refractivity contribution is 0.0941. The molecule has 1 unspecified atom stereocenters. The number of carbonyl (C=O) groups is 1. The fourth-order valence-electron chi connectivity index (χ4n) is 3.29. The molecule has 3 aromatic rings. The Morgan fingerprint density at radius 1 is 1.07 bits per heavy atom. The Kier molecular flexibility index (Phi) is 6.45. The zero-order valence-corrected chi connectivity index (χ0v) is 18.1. The molecule has 2 aromatic carbocycles. The number of benzene rings is 2. The van der Waals surface area contributed by atoms with Crippen LogP contribution in [0.3, 0.4) is 0 Å². The second kappa shape index (κ2) is 9.03. The van der Waals surface area contributed by atoms with Crippen molar-refractivity contribution in [2.75, 3.05) is 13.7 Å². The number of hydrogen-bond donors (Lipinski definition) is 1. The first-order chi connectivity index (χ1) is 14.3. The van der Waals surface area contributed by atoms with E-state index in [1.807, 2.05) is 49.4 Å². The third-order valence-electron chi connectivity index (χ3n) is 5.01. The maximum Gasteiger partial charge on any atom is 0.252 e. The third kappa shape index (κ3) is 4.48. The second-order valence-electron chi connectivity index (χ2n) is 7.78. The van der Waals surface area contributed by atoms with Gasteiger partial charge < -0.3 is 19.4 Å². The Balaban J connectivity index is 1.85. The minimum Gasteiger partial charge on any atom is -0.493 e. The van der Waals surface area contributed by atoms with E-state index in [1.165, 1.54) is 10.6 Å². The van der Waals surface area contributed by atoms with Crippen molar-refractivity contribution >= 4 is 16.8 Å². The van der Waals surface area contributed by atoms with Gasteiger partial charge in [-0.05, 0) is 36.6 Å². The molecule has 1 atom stereocenters. The van der Waals surface area contributed by atoms with E-state index in [-0.39, 0.29) is 17.5 Å². The highest BCUT2D eigenvalue weighted by Gasteiger charge is 2.17. The Labute approximate surface area is 176 Å². The molecular weight excluding hydrogens is 380 g/mol. The van der Waals surface area contributed by atoms with Gasteiger partial charge in [0.15, 0.2) is 11.5 Å². The van der Waals surface area contributed by atoms with Crippen LogP contribution in [-0.4, -0.2) is 24.2 Å². The maximum absolute atomic E-state index is 13.0. The largest absolute Gasteiger partial charge is 0.493 e. The van der Waals surface area contributed by atoms with Crippen LogP contribution in [0.15, 0.2) is 53.3 Å². The summed E-state index contributed by atoms with van der Waals surface area (Å²) in [7, 11) is 3.29. The number of methoxy groups -OCH3 is 1. The van der Waals surface area contributed by atoms with Crippen LogP contribution in [0.1, 0.15) is 42.7 Å². The number of ether oxygens (including phenoxy) is 2. The number of hydrogen-bond acceptors (Lipinski definition) is 4. The maximum atomic E-state index is 13.0. The number of amides is 1. The molecule has 0 spiro atoms. The van der Waals surface area contributed by atoms with E-state index in [2.05, 4.69) is 19.2 Å². The standard InChI is InChI=1S/C24H28N2O4/c1-15(2)14-30-21-11-10-17(12-22(21)29-5)16(3)25-24(28)19-13-23(27)26(4)20-9-7-6-8-18(19)20/h6-13,15-16H,14H2,1-5H3,(H,25,28). The van der Waals surface area contributed by atoms with Crippen LogP contribution < -0.4 is 20.3 Å². The first kappa shape index (κ1) is 21.4. The Hall–Kier alpha value is -3.28. The second-order valence-corrected chi connectivity index (χ2v) is 7.78. The SMILES string of the molecule is COc1cc(C(C)NC(=O)c2cc(=O)n(C)c3ccccc23)ccc1OCC(C)C. The Morgan fingerprint density at radius 2 is 1.80 bits per heavy atom. The van der Waals surface area contributed by atoms with Crippen molar-refractivity contribution in [3.8, 4) is 11.5 Å². The number of nitrogens with zero attached hydrogens (tertiary/aromatic N) is 1. The molecule has 6 nitrogen and oxygen atoms in total. The number of aromatic nitrogens is 1. The van der Waals surface area contributed by atoms with Gasteiger partial charge in [-0.1, -0.05) is 38.1 Å². The van der Waals surface area contributed by atoms with Crippen molar-refractivity contribution in [3.63, 3.8) is 0 Å². The van der Waals surface area contributed by atoms with Crippen LogP contribution in [0.25, 0.3) is 10.9 Å². The fourth-order valence-corrected chi connectivity index (χ4v) is 3.29. The summed E-state index contributed by atoms with van der Waals surface area (Å²) < 4.78 is 12.8.